The summed E-state index contributed by atoms with van der Waals surface area (Å²) in [5.41, 5.74) is 0. The van der Waals surface area contributed by atoms with Crippen LogP contribution in [0.3, 0.4) is 0 Å². The number of urea groups is 1. The molecule has 0 aromatic carbocycles. The maximum atomic E-state index is 11.8. The lowest BCUT2D eigenvalue weighted by atomic mass is 9.96. The van der Waals surface area contributed by atoms with Gasteiger partial charge in [0.2, 0.25) is 5.91 Å². The van der Waals surface area contributed by atoms with E-state index in [0.717, 1.165) is 12.8 Å². The predicted octanol–water partition coefficient (Wildman–Crippen LogP) is 0.905. The molecular formula is C12H23N3O2. The van der Waals surface area contributed by atoms with E-state index < -0.39 is 0 Å². The lowest BCUT2D eigenvalue weighted by molar-refractivity contribution is -0.126. The number of hydrogen-bond acceptors (Lipinski definition) is 2. The molecule has 0 aromatic rings. The van der Waals surface area contributed by atoms with Gasteiger partial charge in [-0.05, 0) is 26.7 Å². The molecule has 1 fully saturated rings. The molecule has 1 rings (SSSR count). The van der Waals surface area contributed by atoms with Gasteiger partial charge < -0.3 is 15.1 Å². The zero-order chi connectivity index (χ0) is 13.0. The van der Waals surface area contributed by atoms with Gasteiger partial charge in [-0.1, -0.05) is 0 Å². The van der Waals surface area contributed by atoms with Crippen molar-refractivity contribution in [3.05, 3.63) is 0 Å². The first-order valence-corrected chi connectivity index (χ1v) is 6.18. The maximum Gasteiger partial charge on any atom is 0.319 e. The largest absolute Gasteiger partial charge is 0.354 e. The third-order valence-corrected chi connectivity index (χ3v) is 2.95. The Morgan fingerprint density at radius 3 is 2.18 bits per heavy atom. The van der Waals surface area contributed by atoms with Crippen molar-refractivity contribution in [3.63, 3.8) is 0 Å². The fraction of sp³-hybridized carbons (Fsp3) is 0.833. The van der Waals surface area contributed by atoms with Crippen LogP contribution in [0.2, 0.25) is 0 Å². The average Bonchev–Trinajstić information content (AvgIpc) is 2.27. The van der Waals surface area contributed by atoms with Gasteiger partial charge in [0.05, 0.1) is 0 Å². The SMILES string of the molecule is CC(C)NC(=O)C1CCN(C(=O)N(C)C)CC1. The molecule has 5 nitrogen and oxygen atoms in total. The molecule has 0 saturated carbocycles. The van der Waals surface area contributed by atoms with Crippen LogP contribution in [0.25, 0.3) is 0 Å². The van der Waals surface area contributed by atoms with E-state index in [4.69, 9.17) is 0 Å². The summed E-state index contributed by atoms with van der Waals surface area (Å²) >= 11 is 0. The van der Waals surface area contributed by atoms with Gasteiger partial charge in [0.25, 0.3) is 0 Å². The molecule has 1 aliphatic heterocycles. The maximum absolute atomic E-state index is 11.8. The Kier molecular flexibility index (Phi) is 4.78. The summed E-state index contributed by atoms with van der Waals surface area (Å²) < 4.78 is 0. The second-order valence-corrected chi connectivity index (χ2v) is 5.10. The molecule has 0 unspecified atom stereocenters. The van der Waals surface area contributed by atoms with Crippen molar-refractivity contribution in [1.82, 2.24) is 15.1 Å². The molecule has 1 saturated heterocycles. The van der Waals surface area contributed by atoms with Crippen LogP contribution in [0, 0.1) is 5.92 Å². The van der Waals surface area contributed by atoms with E-state index in [-0.39, 0.29) is 23.9 Å². The van der Waals surface area contributed by atoms with Gasteiger partial charge in [0.1, 0.15) is 0 Å². The molecule has 0 spiro atoms. The van der Waals surface area contributed by atoms with Crippen molar-refractivity contribution in [2.24, 2.45) is 5.92 Å². The normalized spacial score (nSPS) is 17.1. The lowest BCUT2D eigenvalue weighted by Gasteiger charge is -2.33. The first-order chi connectivity index (χ1) is 7.91. The van der Waals surface area contributed by atoms with Gasteiger partial charge in [-0.25, -0.2) is 4.79 Å². The molecule has 98 valence electrons. The van der Waals surface area contributed by atoms with Gasteiger partial charge in [0.15, 0.2) is 0 Å². The average molecular weight is 241 g/mol. The van der Waals surface area contributed by atoms with Crippen LogP contribution in [-0.4, -0.2) is 55.0 Å². The third-order valence-electron chi connectivity index (χ3n) is 2.95. The minimum Gasteiger partial charge on any atom is -0.354 e. The Morgan fingerprint density at radius 2 is 1.76 bits per heavy atom. The predicted molar refractivity (Wildman–Crippen MR) is 66.7 cm³/mol. The van der Waals surface area contributed by atoms with Gasteiger partial charge in [0, 0.05) is 39.1 Å². The second kappa shape index (κ2) is 5.89. The number of piperidine rings is 1. The number of hydrogen-bond donors (Lipinski definition) is 1. The molecule has 0 aromatic heterocycles. The zero-order valence-electron chi connectivity index (χ0n) is 11.2. The van der Waals surface area contributed by atoms with E-state index in [1.54, 1.807) is 23.9 Å². The molecule has 0 atom stereocenters. The minimum absolute atomic E-state index is 0.0349. The summed E-state index contributed by atoms with van der Waals surface area (Å²) in [5, 5.41) is 2.93. The van der Waals surface area contributed by atoms with Crippen molar-refractivity contribution in [2.45, 2.75) is 32.7 Å². The molecule has 1 aliphatic rings. The molecule has 1 heterocycles. The van der Waals surface area contributed by atoms with Crippen molar-refractivity contribution in [2.75, 3.05) is 27.2 Å². The molecular weight excluding hydrogens is 218 g/mol. The van der Waals surface area contributed by atoms with Crippen LogP contribution in [0.1, 0.15) is 26.7 Å². The number of carbonyl (C=O) groups excluding carboxylic acids is 2. The highest BCUT2D eigenvalue weighted by molar-refractivity contribution is 5.79. The Balaban J connectivity index is 2.40. The van der Waals surface area contributed by atoms with Crippen LogP contribution in [0.5, 0.6) is 0 Å². The molecule has 0 bridgehead atoms. The van der Waals surface area contributed by atoms with Crippen LogP contribution >= 0.6 is 0 Å². The van der Waals surface area contributed by atoms with Crippen LogP contribution in [-0.2, 0) is 4.79 Å². The molecule has 0 radical (unpaired) electrons. The highest BCUT2D eigenvalue weighted by atomic mass is 16.2. The van der Waals surface area contributed by atoms with E-state index >= 15 is 0 Å². The van der Waals surface area contributed by atoms with Gasteiger partial charge in [-0.15, -0.1) is 0 Å². The Hall–Kier alpha value is -1.26. The van der Waals surface area contributed by atoms with Crippen molar-refractivity contribution < 1.29 is 9.59 Å². The molecule has 17 heavy (non-hydrogen) atoms. The summed E-state index contributed by atoms with van der Waals surface area (Å²) in [6, 6.07) is 0.219. The van der Waals surface area contributed by atoms with Crippen LogP contribution in [0.15, 0.2) is 0 Å². The Labute approximate surface area is 103 Å². The van der Waals surface area contributed by atoms with Crippen molar-refractivity contribution >= 4 is 11.9 Å². The standard InChI is InChI=1S/C12H23N3O2/c1-9(2)13-11(16)10-5-7-15(8-6-10)12(17)14(3)4/h9-10H,5-8H2,1-4H3,(H,13,16). The molecule has 1 N–H and O–H groups in total. The highest BCUT2D eigenvalue weighted by Crippen LogP contribution is 2.18. The highest BCUT2D eigenvalue weighted by Gasteiger charge is 2.27. The van der Waals surface area contributed by atoms with E-state index in [1.165, 1.54) is 0 Å². The van der Waals surface area contributed by atoms with E-state index in [0.29, 0.717) is 13.1 Å². The molecule has 0 aliphatic carbocycles. The van der Waals surface area contributed by atoms with Crippen molar-refractivity contribution in [3.8, 4) is 0 Å². The number of likely N-dealkylation sites (tertiary alicyclic amines) is 1. The fourth-order valence-corrected chi connectivity index (χ4v) is 2.02. The van der Waals surface area contributed by atoms with Crippen molar-refractivity contribution in [1.29, 1.82) is 0 Å². The first kappa shape index (κ1) is 13.8. The molecule has 3 amide bonds. The zero-order valence-corrected chi connectivity index (χ0v) is 11.2. The van der Waals surface area contributed by atoms with Crippen LogP contribution < -0.4 is 5.32 Å². The summed E-state index contributed by atoms with van der Waals surface area (Å²) in [4.78, 5) is 26.9. The third kappa shape index (κ3) is 3.91. The van der Waals surface area contributed by atoms with Gasteiger partial charge in [-0.2, -0.15) is 0 Å². The topological polar surface area (TPSA) is 52.7 Å². The number of nitrogens with one attached hydrogen (secondary N) is 1. The summed E-state index contributed by atoms with van der Waals surface area (Å²) in [5.74, 6) is 0.181. The van der Waals surface area contributed by atoms with Gasteiger partial charge >= 0.3 is 6.03 Å². The summed E-state index contributed by atoms with van der Waals surface area (Å²) in [7, 11) is 3.50. The monoisotopic (exact) mass is 241 g/mol. The summed E-state index contributed by atoms with van der Waals surface area (Å²) in [6.45, 7) is 5.27. The summed E-state index contributed by atoms with van der Waals surface area (Å²) in [6.07, 6.45) is 1.52. The van der Waals surface area contributed by atoms with E-state index in [9.17, 15) is 9.59 Å². The van der Waals surface area contributed by atoms with E-state index in [2.05, 4.69) is 5.32 Å². The Bertz CT molecular complexity index is 281. The number of amides is 3. The van der Waals surface area contributed by atoms with Gasteiger partial charge in [-0.3, -0.25) is 4.79 Å². The minimum atomic E-state index is 0.0349. The molecule has 5 heteroatoms. The number of nitrogens with zero attached hydrogens (tertiary/aromatic N) is 2. The van der Waals surface area contributed by atoms with Crippen LogP contribution in [0.4, 0.5) is 4.79 Å². The second-order valence-electron chi connectivity index (χ2n) is 5.10. The lowest BCUT2D eigenvalue weighted by Crippen LogP contribution is -2.47. The number of rotatable bonds is 2. The smallest absolute Gasteiger partial charge is 0.319 e. The van der Waals surface area contributed by atoms with E-state index in [1.807, 2.05) is 13.8 Å². The first-order valence-electron chi connectivity index (χ1n) is 6.18. The fourth-order valence-electron chi connectivity index (χ4n) is 2.02. The quantitative estimate of drug-likeness (QED) is 0.781. The Morgan fingerprint density at radius 1 is 1.24 bits per heavy atom. The number of carbonyl (C=O) groups is 2.